The lowest BCUT2D eigenvalue weighted by molar-refractivity contribution is 0.303. The van der Waals surface area contributed by atoms with E-state index in [-0.39, 0.29) is 5.41 Å². The number of aromatic nitrogens is 2. The monoisotopic (exact) mass is 308 g/mol. The molecule has 1 aromatic heterocycles. The molecule has 0 atom stereocenters. The van der Waals surface area contributed by atoms with E-state index < -0.39 is 0 Å². The Morgan fingerprint density at radius 2 is 1.82 bits per heavy atom. The maximum absolute atomic E-state index is 5.56. The molecule has 1 rings (SSSR count). The zero-order valence-electron chi connectivity index (χ0n) is 15.1. The van der Waals surface area contributed by atoms with Crippen LogP contribution in [0.4, 0.5) is 5.82 Å². The largest absolute Gasteiger partial charge is 0.478 e. The van der Waals surface area contributed by atoms with Crippen molar-refractivity contribution in [2.24, 2.45) is 0 Å². The molecule has 1 N–H and O–H groups in total. The van der Waals surface area contributed by atoms with E-state index in [1.165, 1.54) is 0 Å². The van der Waals surface area contributed by atoms with Crippen LogP contribution in [0.3, 0.4) is 0 Å². The zero-order chi connectivity index (χ0) is 16.6. The standard InChI is InChI=1S/C17H32N4O/c1-7-21(8-2)12-10-11-18-14-13-15(22-9-3)20-16(19-14)17(4,5)6/h13H,7-12H2,1-6H3,(H,18,19,20). The summed E-state index contributed by atoms with van der Waals surface area (Å²) in [5, 5.41) is 3.40. The van der Waals surface area contributed by atoms with Gasteiger partial charge >= 0.3 is 0 Å². The van der Waals surface area contributed by atoms with E-state index in [0.717, 1.165) is 44.2 Å². The van der Waals surface area contributed by atoms with Crippen molar-refractivity contribution < 1.29 is 4.74 Å². The van der Waals surface area contributed by atoms with Gasteiger partial charge in [-0.2, -0.15) is 4.98 Å². The minimum absolute atomic E-state index is 0.0925. The molecule has 22 heavy (non-hydrogen) atoms. The van der Waals surface area contributed by atoms with Crippen molar-refractivity contribution in [3.05, 3.63) is 11.9 Å². The Morgan fingerprint density at radius 3 is 2.36 bits per heavy atom. The van der Waals surface area contributed by atoms with Gasteiger partial charge in [-0.25, -0.2) is 4.98 Å². The third kappa shape index (κ3) is 6.18. The van der Waals surface area contributed by atoms with E-state index in [1.807, 2.05) is 13.0 Å². The molecule has 0 aliphatic heterocycles. The predicted octanol–water partition coefficient (Wildman–Crippen LogP) is 3.32. The van der Waals surface area contributed by atoms with Gasteiger partial charge in [0.15, 0.2) is 0 Å². The van der Waals surface area contributed by atoms with Gasteiger partial charge in [0.1, 0.15) is 11.6 Å². The van der Waals surface area contributed by atoms with E-state index in [9.17, 15) is 0 Å². The van der Waals surface area contributed by atoms with Crippen molar-refractivity contribution in [1.82, 2.24) is 14.9 Å². The van der Waals surface area contributed by atoms with Crippen LogP contribution in [0.5, 0.6) is 5.88 Å². The summed E-state index contributed by atoms with van der Waals surface area (Å²) in [5.74, 6) is 2.31. The summed E-state index contributed by atoms with van der Waals surface area (Å²) in [6.07, 6.45) is 1.10. The van der Waals surface area contributed by atoms with Gasteiger partial charge in [0.2, 0.25) is 5.88 Å². The SMILES string of the molecule is CCOc1cc(NCCCN(CC)CC)nc(C(C)(C)C)n1. The molecular formula is C17H32N4O. The number of hydrogen-bond donors (Lipinski definition) is 1. The summed E-state index contributed by atoms with van der Waals surface area (Å²) in [7, 11) is 0. The number of anilines is 1. The molecule has 0 saturated carbocycles. The van der Waals surface area contributed by atoms with Crippen molar-refractivity contribution in [1.29, 1.82) is 0 Å². The number of nitrogens with zero attached hydrogens (tertiary/aromatic N) is 3. The molecular weight excluding hydrogens is 276 g/mol. The molecule has 1 aromatic rings. The van der Waals surface area contributed by atoms with Gasteiger partial charge in [-0.1, -0.05) is 34.6 Å². The third-order valence-corrected chi connectivity index (χ3v) is 3.52. The summed E-state index contributed by atoms with van der Waals surface area (Å²) in [4.78, 5) is 11.5. The van der Waals surface area contributed by atoms with Gasteiger partial charge in [-0.3, -0.25) is 0 Å². The van der Waals surface area contributed by atoms with Gasteiger partial charge in [0.25, 0.3) is 0 Å². The Bertz CT molecular complexity index is 439. The van der Waals surface area contributed by atoms with Crippen LogP contribution in [0.1, 0.15) is 53.8 Å². The fraction of sp³-hybridized carbons (Fsp3) is 0.765. The van der Waals surface area contributed by atoms with Crippen LogP contribution in [0.25, 0.3) is 0 Å². The number of ether oxygens (including phenoxy) is 1. The second-order valence-electron chi connectivity index (χ2n) is 6.41. The number of hydrogen-bond acceptors (Lipinski definition) is 5. The van der Waals surface area contributed by atoms with E-state index in [4.69, 9.17) is 4.74 Å². The molecule has 0 fully saturated rings. The normalized spacial score (nSPS) is 11.8. The van der Waals surface area contributed by atoms with E-state index in [2.05, 4.69) is 54.8 Å². The first-order valence-corrected chi connectivity index (χ1v) is 8.39. The molecule has 0 bridgehead atoms. The van der Waals surface area contributed by atoms with Crippen LogP contribution in [0.15, 0.2) is 6.07 Å². The Kier molecular flexibility index (Phi) is 7.59. The fourth-order valence-corrected chi connectivity index (χ4v) is 2.13. The maximum atomic E-state index is 5.56. The summed E-state index contributed by atoms with van der Waals surface area (Å²) < 4.78 is 5.56. The first-order valence-electron chi connectivity index (χ1n) is 8.39. The van der Waals surface area contributed by atoms with Crippen molar-refractivity contribution in [3.63, 3.8) is 0 Å². The van der Waals surface area contributed by atoms with Gasteiger partial charge < -0.3 is 15.0 Å². The first-order chi connectivity index (χ1) is 10.4. The summed E-state index contributed by atoms with van der Waals surface area (Å²) in [5.41, 5.74) is -0.0925. The van der Waals surface area contributed by atoms with Crippen LogP contribution in [0, 0.1) is 0 Å². The van der Waals surface area contributed by atoms with Crippen LogP contribution in [-0.2, 0) is 5.41 Å². The van der Waals surface area contributed by atoms with Crippen molar-refractivity contribution in [2.75, 3.05) is 38.1 Å². The number of nitrogens with one attached hydrogen (secondary N) is 1. The Labute approximate surface area is 135 Å². The summed E-state index contributed by atoms with van der Waals surface area (Å²) >= 11 is 0. The molecule has 0 aromatic carbocycles. The van der Waals surface area contributed by atoms with Crippen molar-refractivity contribution >= 4 is 5.82 Å². The highest BCUT2D eigenvalue weighted by molar-refractivity contribution is 5.39. The van der Waals surface area contributed by atoms with Gasteiger partial charge in [0.05, 0.1) is 6.61 Å². The highest BCUT2D eigenvalue weighted by Gasteiger charge is 2.19. The average molecular weight is 308 g/mol. The number of rotatable bonds is 9. The molecule has 0 saturated heterocycles. The zero-order valence-corrected chi connectivity index (χ0v) is 15.1. The maximum Gasteiger partial charge on any atom is 0.218 e. The van der Waals surface area contributed by atoms with E-state index >= 15 is 0 Å². The van der Waals surface area contributed by atoms with E-state index in [0.29, 0.717) is 12.5 Å². The highest BCUT2D eigenvalue weighted by atomic mass is 16.5. The van der Waals surface area contributed by atoms with Crippen molar-refractivity contribution in [3.8, 4) is 5.88 Å². The molecule has 0 unspecified atom stereocenters. The Balaban J connectivity index is 2.67. The second-order valence-corrected chi connectivity index (χ2v) is 6.41. The second kappa shape index (κ2) is 8.93. The van der Waals surface area contributed by atoms with Crippen molar-refractivity contribution in [2.45, 2.75) is 53.4 Å². The van der Waals surface area contributed by atoms with Crippen LogP contribution in [-0.4, -0.2) is 47.7 Å². The van der Waals surface area contributed by atoms with Gasteiger partial charge in [-0.15, -0.1) is 0 Å². The molecule has 0 aliphatic carbocycles. The summed E-state index contributed by atoms with van der Waals surface area (Å²) in [6, 6.07) is 1.89. The molecule has 0 aliphatic rings. The lowest BCUT2D eigenvalue weighted by Gasteiger charge is -2.20. The van der Waals surface area contributed by atoms with Gasteiger partial charge in [0, 0.05) is 18.0 Å². The molecule has 5 heteroatoms. The highest BCUT2D eigenvalue weighted by Crippen LogP contribution is 2.23. The first kappa shape index (κ1) is 18.7. The quantitative estimate of drug-likeness (QED) is 0.709. The molecule has 1 heterocycles. The van der Waals surface area contributed by atoms with Gasteiger partial charge in [-0.05, 0) is 33.0 Å². The topological polar surface area (TPSA) is 50.3 Å². The molecule has 5 nitrogen and oxygen atoms in total. The lowest BCUT2D eigenvalue weighted by Crippen LogP contribution is -2.25. The molecule has 0 spiro atoms. The van der Waals surface area contributed by atoms with Crippen LogP contribution < -0.4 is 10.1 Å². The molecule has 0 amide bonds. The van der Waals surface area contributed by atoms with Crippen LogP contribution in [0.2, 0.25) is 0 Å². The lowest BCUT2D eigenvalue weighted by atomic mass is 9.96. The molecule has 0 radical (unpaired) electrons. The summed E-state index contributed by atoms with van der Waals surface area (Å²) in [6.45, 7) is 17.5. The Morgan fingerprint density at radius 1 is 1.14 bits per heavy atom. The minimum atomic E-state index is -0.0925. The fourth-order valence-electron chi connectivity index (χ4n) is 2.13. The Hall–Kier alpha value is -1.36. The predicted molar refractivity (Wildman–Crippen MR) is 92.8 cm³/mol. The van der Waals surface area contributed by atoms with E-state index in [1.54, 1.807) is 0 Å². The average Bonchev–Trinajstić information content (AvgIpc) is 2.47. The smallest absolute Gasteiger partial charge is 0.218 e. The third-order valence-electron chi connectivity index (χ3n) is 3.52. The minimum Gasteiger partial charge on any atom is -0.478 e. The molecule has 126 valence electrons. The van der Waals surface area contributed by atoms with Crippen LogP contribution >= 0.6 is 0 Å².